The summed E-state index contributed by atoms with van der Waals surface area (Å²) in [5, 5.41) is 5.11. The van der Waals surface area contributed by atoms with E-state index in [1.54, 1.807) is 42.5 Å². The van der Waals surface area contributed by atoms with Crippen LogP contribution >= 0.6 is 0 Å². The monoisotopic (exact) mass is 414 g/mol. The second-order valence-corrected chi connectivity index (χ2v) is 6.53. The summed E-state index contributed by atoms with van der Waals surface area (Å²) in [7, 11) is 0. The van der Waals surface area contributed by atoms with Gasteiger partial charge in [0.1, 0.15) is 11.8 Å². The van der Waals surface area contributed by atoms with Crippen LogP contribution in [0, 0.1) is 0 Å². The molecule has 2 aromatic carbocycles. The summed E-state index contributed by atoms with van der Waals surface area (Å²) in [4.78, 5) is 36.4. The molecule has 0 saturated carbocycles. The minimum atomic E-state index is -1.07. The Morgan fingerprint density at radius 2 is 1.77 bits per heavy atom. The van der Waals surface area contributed by atoms with Crippen LogP contribution in [-0.4, -0.2) is 43.3 Å². The van der Waals surface area contributed by atoms with Crippen molar-refractivity contribution in [2.45, 2.75) is 26.0 Å². The van der Waals surface area contributed by atoms with E-state index >= 15 is 0 Å². The summed E-state index contributed by atoms with van der Waals surface area (Å²) in [6, 6.07) is 12.8. The first-order valence-corrected chi connectivity index (χ1v) is 9.30. The molecule has 3 rings (SSSR count). The van der Waals surface area contributed by atoms with Crippen LogP contribution in [0.1, 0.15) is 13.8 Å². The molecule has 2 atom stereocenters. The number of fused-ring (bicyclic) bond motifs is 1. The Kier molecular flexibility index (Phi) is 6.74. The van der Waals surface area contributed by atoms with Gasteiger partial charge in [0.2, 0.25) is 6.79 Å². The van der Waals surface area contributed by atoms with E-state index in [1.807, 2.05) is 6.07 Å². The number of esters is 1. The average molecular weight is 414 g/mol. The van der Waals surface area contributed by atoms with E-state index in [4.69, 9.17) is 18.9 Å². The number of nitrogens with one attached hydrogen (secondary N) is 2. The summed E-state index contributed by atoms with van der Waals surface area (Å²) in [6.45, 7) is 2.78. The van der Waals surface area contributed by atoms with Gasteiger partial charge in [-0.05, 0) is 38.1 Å². The van der Waals surface area contributed by atoms with Gasteiger partial charge in [0, 0.05) is 11.8 Å². The van der Waals surface area contributed by atoms with Crippen molar-refractivity contribution in [3.63, 3.8) is 0 Å². The van der Waals surface area contributed by atoms with Crippen molar-refractivity contribution in [1.29, 1.82) is 0 Å². The lowest BCUT2D eigenvalue weighted by molar-refractivity contribution is -0.155. The largest absolute Gasteiger partial charge is 0.484 e. The Morgan fingerprint density at radius 3 is 2.53 bits per heavy atom. The topological polar surface area (TPSA) is 112 Å². The molecule has 2 amide bonds. The summed E-state index contributed by atoms with van der Waals surface area (Å²) in [5.74, 6) is -0.0956. The molecule has 0 radical (unpaired) electrons. The molecule has 1 heterocycles. The first-order chi connectivity index (χ1) is 14.4. The number of anilines is 1. The van der Waals surface area contributed by atoms with Gasteiger partial charge in [0.05, 0.1) is 0 Å². The molecule has 9 heteroatoms. The van der Waals surface area contributed by atoms with E-state index in [0.717, 1.165) is 0 Å². The lowest BCUT2D eigenvalue weighted by Crippen LogP contribution is -2.44. The molecule has 30 heavy (non-hydrogen) atoms. The molecule has 1 aliphatic heterocycles. The van der Waals surface area contributed by atoms with Gasteiger partial charge in [0.25, 0.3) is 11.8 Å². The molecule has 0 bridgehead atoms. The third kappa shape index (κ3) is 5.63. The van der Waals surface area contributed by atoms with Gasteiger partial charge >= 0.3 is 5.97 Å². The first-order valence-electron chi connectivity index (χ1n) is 9.30. The quantitative estimate of drug-likeness (QED) is 0.634. The molecule has 158 valence electrons. The molecule has 2 aromatic rings. The summed E-state index contributed by atoms with van der Waals surface area (Å²) in [6.07, 6.45) is -1.07. The zero-order valence-electron chi connectivity index (χ0n) is 16.5. The van der Waals surface area contributed by atoms with Gasteiger partial charge in [-0.15, -0.1) is 0 Å². The number of hydrogen-bond donors (Lipinski definition) is 2. The smallest absolute Gasteiger partial charge is 0.329 e. The molecular formula is C21H22N2O7. The van der Waals surface area contributed by atoms with E-state index < -0.39 is 29.9 Å². The Labute approximate surface area is 173 Å². The van der Waals surface area contributed by atoms with Crippen molar-refractivity contribution in [3.8, 4) is 17.2 Å². The Bertz CT molecular complexity index is 917. The fraction of sp³-hybridized carbons (Fsp3) is 0.286. The fourth-order valence-corrected chi connectivity index (χ4v) is 2.56. The predicted molar refractivity (Wildman–Crippen MR) is 106 cm³/mol. The van der Waals surface area contributed by atoms with Crippen LogP contribution < -0.4 is 24.8 Å². The number of hydrogen-bond acceptors (Lipinski definition) is 7. The van der Waals surface area contributed by atoms with Gasteiger partial charge in [-0.25, -0.2) is 4.79 Å². The van der Waals surface area contributed by atoms with Crippen molar-refractivity contribution in [2.24, 2.45) is 0 Å². The Morgan fingerprint density at radius 1 is 1.03 bits per heavy atom. The van der Waals surface area contributed by atoms with Crippen molar-refractivity contribution < 1.29 is 33.3 Å². The standard InChI is InChI=1S/C21H22N2O7/c1-13(22-19(24)11-27-16-6-4-3-5-7-16)21(26)30-14(2)20(25)23-15-8-9-17-18(10-15)29-12-28-17/h3-10,13-14H,11-12H2,1-2H3,(H,22,24)(H,23,25)/t13-,14-/m0/s1. The maximum atomic E-state index is 12.3. The maximum Gasteiger partial charge on any atom is 0.329 e. The third-order valence-electron chi connectivity index (χ3n) is 4.15. The molecule has 0 aliphatic carbocycles. The number of carbonyl (C=O) groups excluding carboxylic acids is 3. The molecule has 0 aromatic heterocycles. The molecular weight excluding hydrogens is 392 g/mol. The third-order valence-corrected chi connectivity index (χ3v) is 4.15. The normalized spacial score (nSPS) is 13.7. The second kappa shape index (κ2) is 9.64. The molecule has 0 saturated heterocycles. The summed E-state index contributed by atoms with van der Waals surface area (Å²) in [5.41, 5.74) is 0.478. The number of amides is 2. The molecule has 0 unspecified atom stereocenters. The minimum Gasteiger partial charge on any atom is -0.484 e. The van der Waals surface area contributed by atoms with Crippen molar-refractivity contribution >= 4 is 23.5 Å². The molecule has 0 spiro atoms. The van der Waals surface area contributed by atoms with Gasteiger partial charge in [-0.3, -0.25) is 9.59 Å². The number of ether oxygens (including phenoxy) is 4. The highest BCUT2D eigenvalue weighted by Crippen LogP contribution is 2.34. The highest BCUT2D eigenvalue weighted by molar-refractivity contribution is 5.96. The van der Waals surface area contributed by atoms with Gasteiger partial charge in [-0.2, -0.15) is 0 Å². The number of carbonyl (C=O) groups is 3. The first kappa shape index (κ1) is 21.0. The van der Waals surface area contributed by atoms with Crippen molar-refractivity contribution in [3.05, 3.63) is 48.5 Å². The fourth-order valence-electron chi connectivity index (χ4n) is 2.56. The van der Waals surface area contributed by atoms with E-state index in [-0.39, 0.29) is 13.4 Å². The Balaban J connectivity index is 1.43. The molecule has 2 N–H and O–H groups in total. The Hall–Kier alpha value is -3.75. The predicted octanol–water partition coefficient (Wildman–Crippen LogP) is 1.87. The van der Waals surface area contributed by atoms with Crippen LogP contribution in [0.3, 0.4) is 0 Å². The van der Waals surface area contributed by atoms with Crippen LogP contribution in [0.15, 0.2) is 48.5 Å². The molecule has 1 aliphatic rings. The van der Waals surface area contributed by atoms with E-state index in [0.29, 0.717) is 22.9 Å². The van der Waals surface area contributed by atoms with Crippen molar-refractivity contribution in [2.75, 3.05) is 18.7 Å². The summed E-state index contributed by atoms with van der Waals surface area (Å²) < 4.78 is 20.9. The van der Waals surface area contributed by atoms with E-state index in [9.17, 15) is 14.4 Å². The number of rotatable bonds is 8. The lowest BCUT2D eigenvalue weighted by Gasteiger charge is -2.18. The zero-order valence-corrected chi connectivity index (χ0v) is 16.5. The minimum absolute atomic E-state index is 0.126. The highest BCUT2D eigenvalue weighted by Gasteiger charge is 2.24. The number of para-hydroxylation sites is 1. The van der Waals surface area contributed by atoms with Gasteiger partial charge < -0.3 is 29.6 Å². The van der Waals surface area contributed by atoms with E-state index in [1.165, 1.54) is 13.8 Å². The average Bonchev–Trinajstić information content (AvgIpc) is 3.20. The molecule has 9 nitrogen and oxygen atoms in total. The SMILES string of the molecule is C[C@H](NC(=O)COc1ccccc1)C(=O)O[C@@H](C)C(=O)Nc1ccc2c(c1)OCO2. The van der Waals surface area contributed by atoms with E-state index in [2.05, 4.69) is 10.6 Å². The van der Waals surface area contributed by atoms with Crippen LogP contribution in [0.4, 0.5) is 5.69 Å². The lowest BCUT2D eigenvalue weighted by atomic mass is 10.2. The van der Waals surface area contributed by atoms with Gasteiger partial charge in [0.15, 0.2) is 24.2 Å². The zero-order chi connectivity index (χ0) is 21.5. The maximum absolute atomic E-state index is 12.3. The molecule has 0 fully saturated rings. The van der Waals surface area contributed by atoms with Crippen LogP contribution in [-0.2, 0) is 19.1 Å². The summed E-state index contributed by atoms with van der Waals surface area (Å²) >= 11 is 0. The second-order valence-electron chi connectivity index (χ2n) is 6.53. The van der Waals surface area contributed by atoms with Crippen molar-refractivity contribution in [1.82, 2.24) is 5.32 Å². The number of benzene rings is 2. The van der Waals surface area contributed by atoms with Crippen LogP contribution in [0.2, 0.25) is 0 Å². The highest BCUT2D eigenvalue weighted by atomic mass is 16.7. The van der Waals surface area contributed by atoms with Crippen LogP contribution in [0.25, 0.3) is 0 Å². The van der Waals surface area contributed by atoms with Crippen LogP contribution in [0.5, 0.6) is 17.2 Å². The van der Waals surface area contributed by atoms with Gasteiger partial charge in [-0.1, -0.05) is 18.2 Å².